The van der Waals surface area contributed by atoms with Crippen LogP contribution in [-0.4, -0.2) is 153 Å². The van der Waals surface area contributed by atoms with Crippen LogP contribution in [0.25, 0.3) is 0 Å². The molecule has 0 aromatic heterocycles. The van der Waals surface area contributed by atoms with E-state index >= 15 is 0 Å². The van der Waals surface area contributed by atoms with E-state index < -0.39 is 12.2 Å². The highest BCUT2D eigenvalue weighted by atomic mass is 16.3. The number of nitrogens with one attached hydrogen (secondary N) is 2. The summed E-state index contributed by atoms with van der Waals surface area (Å²) in [7, 11) is 0. The molecule has 0 aliphatic rings. The molecule has 628 valence electrons. The fraction of sp³-hybridized carbons (Fsp3) is 0.905. The van der Waals surface area contributed by atoms with E-state index in [0.29, 0.717) is 24.9 Å². The molecule has 11 nitrogen and oxygen atoms in total. The van der Waals surface area contributed by atoms with Gasteiger partial charge in [-0.05, 0) is 231 Å². The van der Waals surface area contributed by atoms with Gasteiger partial charge in [0, 0.05) is 39.3 Å². The summed E-state index contributed by atoms with van der Waals surface area (Å²) in [6, 6.07) is -0.320. The van der Waals surface area contributed by atoms with Gasteiger partial charge in [0.2, 0.25) is 0 Å². The maximum Gasteiger partial charge on any atom is 0.314 e. The number of carbonyl (C=O) groups is 1. The molecule has 0 aromatic rings. The first-order valence-corrected chi connectivity index (χ1v) is 47.4. The van der Waals surface area contributed by atoms with E-state index in [1.54, 1.807) is 0 Å². The van der Waals surface area contributed by atoms with Crippen LogP contribution >= 0.6 is 0 Å². The number of allylic oxidation sites excluding steroid dienone is 8. The van der Waals surface area contributed by atoms with Crippen LogP contribution in [-0.2, 0) is 0 Å². The van der Waals surface area contributed by atoms with Gasteiger partial charge in [0.15, 0.2) is 0 Å². The average Bonchev–Trinajstić information content (AvgIpc) is 1.07. The fourth-order valence-electron chi connectivity index (χ4n) is 15.1. The third-order valence-corrected chi connectivity index (χ3v) is 22.2. The molecule has 4 atom stereocenters. The van der Waals surface area contributed by atoms with Crippen molar-refractivity contribution in [2.45, 2.75) is 439 Å². The smallest absolute Gasteiger partial charge is 0.314 e. The third-order valence-electron chi connectivity index (χ3n) is 22.2. The second-order valence-electron chi connectivity index (χ2n) is 33.4. The van der Waals surface area contributed by atoms with Gasteiger partial charge in [-0.2, -0.15) is 0 Å². The van der Waals surface area contributed by atoms with Crippen molar-refractivity contribution in [3.8, 4) is 0 Å². The number of nitrogens with two attached hydrogens (primary N) is 2. The van der Waals surface area contributed by atoms with Crippen LogP contribution in [0.2, 0.25) is 0 Å². The maximum atomic E-state index is 13.4. The molecule has 0 aromatic carbocycles. The molecule has 0 radical (unpaired) electrons. The molecule has 0 bridgehead atoms. The molecule has 0 aliphatic heterocycles. The first-order chi connectivity index (χ1) is 52.1. The largest absolute Gasteiger partial charge is 0.390 e. The van der Waals surface area contributed by atoms with E-state index in [9.17, 15) is 15.0 Å². The van der Waals surface area contributed by atoms with Crippen molar-refractivity contribution in [3.05, 3.63) is 48.6 Å². The molecule has 0 rings (SSSR count). The molecule has 0 fully saturated rings. The number of amides is 2. The Labute approximate surface area is 663 Å². The van der Waals surface area contributed by atoms with Crippen LogP contribution in [0.3, 0.4) is 0 Å². The minimum atomic E-state index is -0.675. The van der Waals surface area contributed by atoms with Gasteiger partial charge in [0.05, 0.1) is 12.2 Å². The Kier molecular flexibility index (Phi) is 85.2. The van der Waals surface area contributed by atoms with Gasteiger partial charge < -0.3 is 51.9 Å². The summed E-state index contributed by atoms with van der Waals surface area (Å²) < 4.78 is 0. The Morgan fingerprint density at radius 2 is 0.425 bits per heavy atom. The summed E-state index contributed by atoms with van der Waals surface area (Å²) in [5.41, 5.74) is 12.4. The number of rotatable bonds is 88. The number of unbranched alkanes of at least 4 members (excludes halogenated alkanes) is 50. The predicted octanol–water partition coefficient (Wildman–Crippen LogP) is 25.1. The van der Waals surface area contributed by atoms with Crippen molar-refractivity contribution in [3.63, 3.8) is 0 Å². The molecule has 106 heavy (non-hydrogen) atoms. The number of hydrogen-bond acceptors (Lipinski definition) is 9. The lowest BCUT2D eigenvalue weighted by Gasteiger charge is -2.28. The normalized spacial score (nSPS) is 13.5. The van der Waals surface area contributed by atoms with E-state index in [2.05, 4.69) is 120 Å². The molecule has 0 spiro atoms. The van der Waals surface area contributed by atoms with Crippen LogP contribution in [0.15, 0.2) is 48.6 Å². The van der Waals surface area contributed by atoms with Gasteiger partial charge in [0.1, 0.15) is 0 Å². The number of aliphatic hydroxyl groups is 2. The minimum Gasteiger partial charge on any atom is -0.390 e. The number of aliphatic hydroxyl groups excluding tert-OH is 2. The first-order valence-electron chi connectivity index (χ1n) is 47.4. The van der Waals surface area contributed by atoms with Gasteiger partial charge in [-0.1, -0.05) is 321 Å². The van der Waals surface area contributed by atoms with E-state index in [0.717, 1.165) is 117 Å². The molecule has 0 saturated heterocycles. The Balaban J connectivity index is 5.50. The van der Waals surface area contributed by atoms with E-state index in [4.69, 9.17) is 11.5 Å². The van der Waals surface area contributed by atoms with E-state index in [1.165, 1.54) is 347 Å². The summed E-state index contributed by atoms with van der Waals surface area (Å²) in [5, 5.41) is 29.0. The molecular weight excluding hydrogens is 1300 g/mol. The number of carbonyl (C=O) groups excluding carboxylic acids is 1. The first kappa shape index (κ1) is 104. The van der Waals surface area contributed by atoms with Gasteiger partial charge in [-0.3, -0.25) is 0 Å². The summed E-state index contributed by atoms with van der Waals surface area (Å²) >= 11 is 0. The third kappa shape index (κ3) is 80.0. The molecule has 0 aliphatic carbocycles. The van der Waals surface area contributed by atoms with Crippen LogP contribution < -0.4 is 22.1 Å². The van der Waals surface area contributed by atoms with Crippen molar-refractivity contribution in [2.24, 2.45) is 23.3 Å². The molecule has 0 heterocycles. The van der Waals surface area contributed by atoms with Gasteiger partial charge >= 0.3 is 6.03 Å². The van der Waals surface area contributed by atoms with Crippen LogP contribution in [0.1, 0.15) is 427 Å². The Bertz CT molecular complexity index is 1710. The average molecular weight is 1490 g/mol. The highest BCUT2D eigenvalue weighted by molar-refractivity contribution is 5.73. The summed E-state index contributed by atoms with van der Waals surface area (Å²) in [6.45, 7) is 27.1. The Morgan fingerprint density at radius 1 is 0.264 bits per heavy atom. The second-order valence-corrected chi connectivity index (χ2v) is 33.4. The number of urea groups is 1. The monoisotopic (exact) mass is 1490 g/mol. The van der Waals surface area contributed by atoms with Gasteiger partial charge in [-0.15, -0.1) is 0 Å². The Morgan fingerprint density at radius 3 is 0.613 bits per heavy atom. The predicted molar refractivity (Wildman–Crippen MR) is 472 cm³/mol. The SMILES string of the molecule is CCCCCCCCC=CCCCCCCCCN(CCCCN(CCCCCCCCC=CCCCCCCCC)CC(O)CNC(=O)NCC(O)CN(CCCCCCCCC=CCCCCCCCC)CCCCN(CCCCCCCC/C=C\CCCCCCCC)CC(C)CN)CC(C)CN. The van der Waals surface area contributed by atoms with Gasteiger partial charge in [-0.25, -0.2) is 4.79 Å². The zero-order valence-corrected chi connectivity index (χ0v) is 72.4. The summed E-state index contributed by atoms with van der Waals surface area (Å²) in [5.74, 6) is 0.976. The van der Waals surface area contributed by atoms with Crippen molar-refractivity contribution >= 4 is 6.03 Å². The molecular formula is C95H190N8O3. The number of nitrogens with zero attached hydrogens (tertiary/aromatic N) is 4. The number of hydrogen-bond donors (Lipinski definition) is 6. The highest BCUT2D eigenvalue weighted by Gasteiger charge is 2.18. The lowest BCUT2D eigenvalue weighted by molar-refractivity contribution is 0.104. The van der Waals surface area contributed by atoms with E-state index in [-0.39, 0.29) is 19.1 Å². The quantitative estimate of drug-likeness (QED) is 0.0259. The van der Waals surface area contributed by atoms with Crippen molar-refractivity contribution in [2.75, 3.05) is 105 Å². The van der Waals surface area contributed by atoms with Crippen molar-refractivity contribution in [1.29, 1.82) is 0 Å². The van der Waals surface area contributed by atoms with Crippen LogP contribution in [0.4, 0.5) is 4.79 Å². The maximum absolute atomic E-state index is 13.4. The zero-order valence-electron chi connectivity index (χ0n) is 72.4. The summed E-state index contributed by atoms with van der Waals surface area (Å²) in [4.78, 5) is 23.7. The molecule has 2 amide bonds. The molecule has 4 unspecified atom stereocenters. The lowest BCUT2D eigenvalue weighted by Crippen LogP contribution is -2.47. The topological polar surface area (TPSA) is 147 Å². The summed E-state index contributed by atoms with van der Waals surface area (Å²) in [6.07, 6.45) is 96.1. The standard InChI is InChI=1S/C95H190N8O3/c1-7-11-15-19-23-27-31-35-39-43-47-51-55-59-63-67-75-100(87-91(5)83-96)79-71-73-81-102(77-69-65-61-57-53-49-45-41-37-33-29-25-21-17-13-9-3)89-93(104)85-98-95(106)99-86-94(105)90-103(78-70-66-62-58-54-50-46-42-38-34-30-26-22-18-14-10-4)82-74-72-80-101(88-92(6)84-97)76-68-64-60-56-52-48-44-40-36-32-28-24-20-16-12-8-2/h35-42,91-94,104-105H,7-34,43-90,96-97H2,1-6H3,(H2,98,99,106)/b39-35-,40-36?,41-37?,42-38?. The van der Waals surface area contributed by atoms with Crippen molar-refractivity contribution < 1.29 is 15.0 Å². The second kappa shape index (κ2) is 86.9. The van der Waals surface area contributed by atoms with Gasteiger partial charge in [0.25, 0.3) is 0 Å². The van der Waals surface area contributed by atoms with Crippen LogP contribution in [0, 0.1) is 11.8 Å². The Hall–Kier alpha value is -2.09. The molecule has 8 N–H and O–H groups in total. The molecule has 0 saturated carbocycles. The highest BCUT2D eigenvalue weighted by Crippen LogP contribution is 2.18. The fourth-order valence-corrected chi connectivity index (χ4v) is 15.1. The minimum absolute atomic E-state index is 0.188. The zero-order chi connectivity index (χ0) is 77.0. The van der Waals surface area contributed by atoms with Crippen molar-refractivity contribution in [1.82, 2.24) is 30.2 Å². The lowest BCUT2D eigenvalue weighted by atomic mass is 10.1. The van der Waals surface area contributed by atoms with E-state index in [1.807, 2.05) is 0 Å². The molecule has 11 heteroatoms. The van der Waals surface area contributed by atoms with Crippen LogP contribution in [0.5, 0.6) is 0 Å².